The minimum atomic E-state index is -1.18. The van der Waals surface area contributed by atoms with Crippen molar-refractivity contribution in [3.8, 4) is 5.75 Å². The van der Waals surface area contributed by atoms with Crippen LogP contribution in [0.3, 0.4) is 0 Å². The Morgan fingerprint density at radius 2 is 1.03 bits per heavy atom. The van der Waals surface area contributed by atoms with Crippen molar-refractivity contribution >= 4 is 48.1 Å². The third-order valence-electron chi connectivity index (χ3n) is 8.45. The lowest BCUT2D eigenvalue weighted by Gasteiger charge is -2.11. The molecule has 0 bridgehead atoms. The number of carboxylic acid groups (broad SMARTS) is 4. The third-order valence-corrected chi connectivity index (χ3v) is 8.45. The normalized spacial score (nSPS) is 11.4. The van der Waals surface area contributed by atoms with Crippen LogP contribution >= 0.6 is 0 Å². The first kappa shape index (κ1) is 70.4. The molecule has 0 spiro atoms. The number of imidazole rings is 1. The van der Waals surface area contributed by atoms with Crippen molar-refractivity contribution in [3.63, 3.8) is 0 Å². The molecule has 0 aliphatic carbocycles. The zero-order valence-electron chi connectivity index (χ0n) is 41.8. The number of amides is 3. The number of alkyl carbamates (subject to hydrolysis) is 2. The maximum Gasteiger partial charge on any atom is 0.413 e. The lowest BCUT2D eigenvalue weighted by molar-refractivity contribution is -0.758. The van der Waals surface area contributed by atoms with Gasteiger partial charge in [0.25, 0.3) is 20.3 Å². The summed E-state index contributed by atoms with van der Waals surface area (Å²) in [6, 6.07) is 3.15. The number of ether oxygens (including phenoxy) is 5. The molecule has 0 saturated carbocycles. The van der Waals surface area contributed by atoms with E-state index < -0.39 is 92.5 Å². The van der Waals surface area contributed by atoms with E-state index in [0.717, 1.165) is 0 Å². The highest BCUT2D eigenvalue weighted by Gasteiger charge is 2.23. The van der Waals surface area contributed by atoms with Crippen molar-refractivity contribution in [3.05, 3.63) is 88.5 Å². The zero-order valence-corrected chi connectivity index (χ0v) is 41.8. The number of benzene rings is 1. The molecule has 438 valence electrons. The molecule has 4 unspecified atom stereocenters. The topological polar surface area (TPSA) is 538 Å². The van der Waals surface area contributed by atoms with Crippen LogP contribution in [0.15, 0.2) is 36.8 Å². The van der Waals surface area contributed by atoms with Crippen LogP contribution in [0.1, 0.15) is 64.1 Å². The number of nitrogens with one attached hydrogen (secondary N) is 4. The van der Waals surface area contributed by atoms with Crippen LogP contribution < -0.4 is 20.7 Å². The second-order valence-electron chi connectivity index (χ2n) is 14.7. The first-order valence-electron chi connectivity index (χ1n) is 22.4. The van der Waals surface area contributed by atoms with E-state index in [1.807, 2.05) is 0 Å². The minimum absolute atomic E-state index is 0.0164. The first-order valence-corrected chi connectivity index (χ1v) is 22.4. The summed E-state index contributed by atoms with van der Waals surface area (Å²) in [4.78, 5) is 150. The summed E-state index contributed by atoms with van der Waals surface area (Å²) in [7, 11) is 0. The summed E-state index contributed by atoms with van der Waals surface area (Å²) in [5, 5.41) is 76.8. The van der Waals surface area contributed by atoms with Gasteiger partial charge in [0.1, 0.15) is 43.7 Å². The quantitative estimate of drug-likeness (QED) is 0.0158. The highest BCUT2D eigenvalue weighted by atomic mass is 17.0. The number of aromatic nitrogens is 2. The Hall–Kier alpha value is -9.65. The third kappa shape index (κ3) is 42.8. The fourth-order valence-electron chi connectivity index (χ4n) is 4.61. The predicted molar refractivity (Wildman–Crippen MR) is 250 cm³/mol. The second kappa shape index (κ2) is 42.7. The molecule has 2 aromatic rings. The average molecular weight is 1130 g/mol. The number of hydrogen-bond donors (Lipinski definition) is 8. The molecule has 3 amide bonds. The van der Waals surface area contributed by atoms with Crippen molar-refractivity contribution in [1.82, 2.24) is 25.9 Å². The van der Waals surface area contributed by atoms with E-state index in [1.54, 1.807) is 12.1 Å². The Morgan fingerprint density at radius 1 is 0.577 bits per heavy atom. The van der Waals surface area contributed by atoms with Gasteiger partial charge in [0.05, 0.1) is 58.3 Å². The van der Waals surface area contributed by atoms with E-state index in [0.29, 0.717) is 36.9 Å². The van der Waals surface area contributed by atoms with Crippen LogP contribution in [-0.2, 0) is 75.1 Å². The van der Waals surface area contributed by atoms with Gasteiger partial charge in [0.2, 0.25) is 0 Å². The van der Waals surface area contributed by atoms with Crippen LogP contribution in [0.2, 0.25) is 0 Å². The number of aromatic amines is 1. The van der Waals surface area contributed by atoms with Gasteiger partial charge in [-0.05, 0) is 70.6 Å². The minimum Gasteiger partial charge on any atom is -0.481 e. The van der Waals surface area contributed by atoms with Crippen molar-refractivity contribution in [1.29, 1.82) is 0 Å². The summed E-state index contributed by atoms with van der Waals surface area (Å²) >= 11 is 0. The summed E-state index contributed by atoms with van der Waals surface area (Å²) in [5.74, 6) is -5.94. The monoisotopic (exact) mass is 1130 g/mol. The number of hydrogen-bond acceptors (Lipinski definition) is 26. The highest BCUT2D eigenvalue weighted by Crippen LogP contribution is 2.15. The number of carboxylic acids is 4. The van der Waals surface area contributed by atoms with Gasteiger partial charge in [-0.15, -0.1) is 40.5 Å². The van der Waals surface area contributed by atoms with Crippen molar-refractivity contribution in [2.75, 3.05) is 59.5 Å². The van der Waals surface area contributed by atoms with Gasteiger partial charge in [0.15, 0.2) is 0 Å². The van der Waals surface area contributed by atoms with Gasteiger partial charge in [-0.25, -0.2) is 19.4 Å². The number of carbonyl (C=O) groups is 8. The maximum atomic E-state index is 11.6. The summed E-state index contributed by atoms with van der Waals surface area (Å²) in [6.45, 7) is 3.44. The Bertz CT molecular complexity index is 2180. The smallest absolute Gasteiger partial charge is 0.413 e. The largest absolute Gasteiger partial charge is 0.481 e. The highest BCUT2D eigenvalue weighted by molar-refractivity contribution is 5.81. The van der Waals surface area contributed by atoms with Gasteiger partial charge >= 0.3 is 48.1 Å². The molecular formula is C40H59N9O29. The van der Waals surface area contributed by atoms with E-state index in [2.05, 4.69) is 54.7 Å². The van der Waals surface area contributed by atoms with Gasteiger partial charge in [0, 0.05) is 18.3 Å². The van der Waals surface area contributed by atoms with Gasteiger partial charge < -0.3 is 84.4 Å². The lowest BCUT2D eigenvalue weighted by atomic mass is 10.00. The van der Waals surface area contributed by atoms with E-state index in [-0.39, 0.29) is 84.5 Å². The molecule has 4 atom stereocenters. The van der Waals surface area contributed by atoms with Crippen LogP contribution in [-0.4, -0.2) is 176 Å². The summed E-state index contributed by atoms with van der Waals surface area (Å²) in [6.07, 6.45) is 2.00. The molecule has 0 fully saturated rings. The van der Waals surface area contributed by atoms with E-state index in [9.17, 15) is 78.8 Å². The number of rotatable bonds is 35. The van der Waals surface area contributed by atoms with Gasteiger partial charge in [-0.3, -0.25) is 24.0 Å². The molecule has 1 aromatic heterocycles. The standard InChI is InChI=1S/C12H17N3O7.C12H14N2O7.C8H14N2O8.C8H14N2O7/c16-11(21-3-1-2-4-22-15(19)20)6-9(12(17)18)5-10-7-13-8-14-10;1-8(11(15)16)13-12(17)21-10-4-2-3-9(7-10)5-6-20-14(18)19;1-6(7(11)12)9-8(13)17-4-2-16-3-5-18-10(14)15;1-6(7(11)12)9-8(13)16-4-2-3-5-17-10(14)15/h7-9H,1-6H2,(H,13,14)(H,17,18);2-4,7-8H,5-6H2,1H3,(H,13,17)(H,15,16);6H,2-5H2,1H3,(H,9,13)(H,11,12);6H,2-5H2,1H3,(H,9,13)(H,11,12). The Kier molecular flexibility index (Phi) is 38.5. The number of unbranched alkanes of at least 4 members (excludes halogenated alkanes) is 2. The number of aliphatic carboxylic acids is 4. The van der Waals surface area contributed by atoms with E-state index in [4.69, 9.17) is 34.6 Å². The van der Waals surface area contributed by atoms with Crippen molar-refractivity contribution in [2.24, 2.45) is 5.92 Å². The molecule has 2 rings (SSSR count). The molecule has 78 heavy (non-hydrogen) atoms. The predicted octanol–water partition coefficient (Wildman–Crippen LogP) is 1.16. The second-order valence-corrected chi connectivity index (χ2v) is 14.7. The van der Waals surface area contributed by atoms with Crippen LogP contribution in [0.25, 0.3) is 0 Å². The molecule has 1 aromatic carbocycles. The van der Waals surface area contributed by atoms with Crippen molar-refractivity contribution < 1.29 is 122 Å². The fourth-order valence-corrected chi connectivity index (χ4v) is 4.61. The molecule has 38 nitrogen and oxygen atoms in total. The maximum absolute atomic E-state index is 11.6. The number of nitrogens with zero attached hydrogens (tertiary/aromatic N) is 5. The molecule has 0 aliphatic heterocycles. The van der Waals surface area contributed by atoms with Crippen LogP contribution in [0.5, 0.6) is 5.75 Å². The van der Waals surface area contributed by atoms with Gasteiger partial charge in [-0.2, -0.15) is 0 Å². The summed E-state index contributed by atoms with van der Waals surface area (Å²) in [5.41, 5.74) is 1.30. The van der Waals surface area contributed by atoms with Crippen molar-refractivity contribution in [2.45, 2.75) is 83.8 Å². The molecule has 0 saturated heterocycles. The molecule has 38 heteroatoms. The van der Waals surface area contributed by atoms with E-state index >= 15 is 0 Å². The Morgan fingerprint density at radius 3 is 1.50 bits per heavy atom. The van der Waals surface area contributed by atoms with Gasteiger partial charge in [-0.1, -0.05) is 12.1 Å². The first-order chi connectivity index (χ1) is 36.7. The lowest BCUT2D eigenvalue weighted by Crippen LogP contribution is -2.39. The number of esters is 1. The Labute approximate surface area is 439 Å². The van der Waals surface area contributed by atoms with E-state index in [1.165, 1.54) is 45.4 Å². The number of carbonyl (C=O) groups excluding carboxylic acids is 4. The fraction of sp³-hybridized carbons (Fsp3) is 0.575. The van der Waals surface area contributed by atoms with Crippen LogP contribution in [0, 0.1) is 46.4 Å². The molecule has 0 aliphatic rings. The average Bonchev–Trinajstić information content (AvgIpc) is 3.86. The van der Waals surface area contributed by atoms with Crippen LogP contribution in [0.4, 0.5) is 14.4 Å². The summed E-state index contributed by atoms with van der Waals surface area (Å²) < 4.78 is 23.9. The molecular weight excluding hydrogens is 1070 g/mol. The molecule has 0 radical (unpaired) electrons. The molecule has 8 N–H and O–H groups in total. The molecule has 1 heterocycles. The SMILES string of the molecule is CC(NC(=O)OCCCCO[N+](=O)[O-])C(=O)O.CC(NC(=O)OCCOCCO[N+](=O)[O-])C(=O)O.CC(NC(=O)Oc1cccc(CCO[N+](=O)[O-])c1)C(=O)O.O=C(CC(Cc1cnc[nH]1)C(=O)O)OCCCCO[N+](=O)[O-]. The Balaban J connectivity index is 0. The zero-order chi connectivity index (χ0) is 59.4. The number of H-pyrrole nitrogens is 1.